The van der Waals surface area contributed by atoms with E-state index in [9.17, 15) is 9.59 Å². The zero-order chi connectivity index (χ0) is 11.1. The van der Waals surface area contributed by atoms with Gasteiger partial charge < -0.3 is 9.84 Å². The van der Waals surface area contributed by atoms with Gasteiger partial charge in [-0.2, -0.15) is 0 Å². The number of hydrogen-bond donors (Lipinski definition) is 1. The van der Waals surface area contributed by atoms with Crippen LogP contribution in [0, 0.1) is 0 Å². The average molecular weight is 250 g/mol. The fourth-order valence-corrected chi connectivity index (χ4v) is 1.47. The summed E-state index contributed by atoms with van der Waals surface area (Å²) in [6, 6.07) is 0. The van der Waals surface area contributed by atoms with Crippen molar-refractivity contribution < 1.29 is 19.4 Å². The van der Waals surface area contributed by atoms with Crippen molar-refractivity contribution in [1.82, 2.24) is 4.90 Å². The van der Waals surface area contributed by atoms with Crippen LogP contribution in [0.5, 0.6) is 0 Å². The Bertz CT molecular complexity index is 262. The van der Waals surface area contributed by atoms with Gasteiger partial charge in [0.1, 0.15) is 6.61 Å². The van der Waals surface area contributed by atoms with Crippen LogP contribution in [0.4, 0.5) is 0 Å². The van der Waals surface area contributed by atoms with Crippen LogP contribution >= 0.6 is 12.4 Å². The summed E-state index contributed by atoms with van der Waals surface area (Å²) in [5.41, 5.74) is 0. The number of halogens is 1. The molecule has 0 spiro atoms. The fraction of sp³-hybridized carbons (Fsp3) is 0.600. The molecule has 0 aliphatic carbocycles. The van der Waals surface area contributed by atoms with Crippen molar-refractivity contribution in [1.29, 1.82) is 0 Å². The molecule has 0 aromatic heterocycles. The van der Waals surface area contributed by atoms with Crippen molar-refractivity contribution in [3.8, 4) is 0 Å². The van der Waals surface area contributed by atoms with Gasteiger partial charge in [-0.3, -0.25) is 4.90 Å². The average Bonchev–Trinajstić information content (AvgIpc) is 2.67. The zero-order valence-corrected chi connectivity index (χ0v) is 9.74. The highest BCUT2D eigenvalue weighted by Gasteiger charge is 2.11. The molecule has 0 bridgehead atoms. The molecule has 0 atom stereocenters. The largest absolute Gasteiger partial charge is 0.478 e. The number of carbonyl (C=O) groups is 2. The number of rotatable bonds is 5. The molecule has 0 aromatic rings. The van der Waals surface area contributed by atoms with Gasteiger partial charge in [-0.25, -0.2) is 9.59 Å². The predicted molar refractivity (Wildman–Crippen MR) is 60.7 cm³/mol. The molecule has 92 valence electrons. The number of nitrogens with zero attached hydrogens (tertiary/aromatic N) is 1. The number of carboxylic acids is 1. The maximum absolute atomic E-state index is 10.9. The zero-order valence-electron chi connectivity index (χ0n) is 8.92. The van der Waals surface area contributed by atoms with Crippen molar-refractivity contribution in [3.05, 3.63) is 12.2 Å². The van der Waals surface area contributed by atoms with Gasteiger partial charge in [0.2, 0.25) is 0 Å². The number of likely N-dealkylation sites (tertiary alicyclic amines) is 1. The molecule has 1 N–H and O–H groups in total. The van der Waals surface area contributed by atoms with Gasteiger partial charge >= 0.3 is 11.9 Å². The second-order valence-corrected chi connectivity index (χ2v) is 3.39. The molecule has 1 aliphatic rings. The number of aliphatic carboxylic acids is 1. The summed E-state index contributed by atoms with van der Waals surface area (Å²) < 4.78 is 4.82. The van der Waals surface area contributed by atoms with Crippen LogP contribution in [-0.4, -0.2) is 48.2 Å². The van der Waals surface area contributed by atoms with E-state index in [1.165, 1.54) is 12.8 Å². The first-order valence-electron chi connectivity index (χ1n) is 4.98. The summed E-state index contributed by atoms with van der Waals surface area (Å²) in [6.45, 7) is 3.17. The molecule has 6 heteroatoms. The SMILES string of the molecule is Cl.O=C(O)C=CC(=O)OCCN1CCCC1. The lowest BCUT2D eigenvalue weighted by atomic mass is 10.4. The summed E-state index contributed by atoms with van der Waals surface area (Å²) in [6.07, 6.45) is 4.10. The lowest BCUT2D eigenvalue weighted by Gasteiger charge is -2.13. The van der Waals surface area contributed by atoms with Gasteiger partial charge in [0.25, 0.3) is 0 Å². The Morgan fingerprint density at radius 2 is 1.88 bits per heavy atom. The Morgan fingerprint density at radius 1 is 1.25 bits per heavy atom. The number of carbonyl (C=O) groups excluding carboxylic acids is 1. The Kier molecular flexibility index (Phi) is 7.58. The Balaban J connectivity index is 0.00000225. The summed E-state index contributed by atoms with van der Waals surface area (Å²) in [5.74, 6) is -1.75. The van der Waals surface area contributed by atoms with E-state index in [1.807, 2.05) is 0 Å². The summed E-state index contributed by atoms with van der Waals surface area (Å²) >= 11 is 0. The normalized spacial score (nSPS) is 16.0. The van der Waals surface area contributed by atoms with Crippen LogP contribution in [-0.2, 0) is 14.3 Å². The van der Waals surface area contributed by atoms with Crippen molar-refractivity contribution in [3.63, 3.8) is 0 Å². The smallest absolute Gasteiger partial charge is 0.331 e. The van der Waals surface area contributed by atoms with Crippen LogP contribution in [0.3, 0.4) is 0 Å². The summed E-state index contributed by atoms with van der Waals surface area (Å²) in [5, 5.41) is 8.26. The van der Waals surface area contributed by atoms with E-state index >= 15 is 0 Å². The lowest BCUT2D eigenvalue weighted by molar-refractivity contribution is -0.139. The standard InChI is InChI=1S/C10H15NO4.ClH/c12-9(13)3-4-10(14)15-8-7-11-5-1-2-6-11;/h3-4H,1-2,5-8H2,(H,12,13);1H. The molecule has 16 heavy (non-hydrogen) atoms. The van der Waals surface area contributed by atoms with Crippen LogP contribution in [0.15, 0.2) is 12.2 Å². The third-order valence-electron chi connectivity index (χ3n) is 2.21. The fourth-order valence-electron chi connectivity index (χ4n) is 1.47. The molecule has 1 fully saturated rings. The first-order chi connectivity index (χ1) is 7.18. The number of esters is 1. The Morgan fingerprint density at radius 3 is 2.44 bits per heavy atom. The number of hydrogen-bond acceptors (Lipinski definition) is 4. The monoisotopic (exact) mass is 249 g/mol. The van der Waals surface area contributed by atoms with Crippen LogP contribution in [0.25, 0.3) is 0 Å². The van der Waals surface area contributed by atoms with Gasteiger partial charge in [-0.1, -0.05) is 0 Å². The molecule has 0 aromatic carbocycles. The summed E-state index contributed by atoms with van der Waals surface area (Å²) in [7, 11) is 0. The van der Waals surface area contributed by atoms with E-state index in [0.29, 0.717) is 6.61 Å². The lowest BCUT2D eigenvalue weighted by Crippen LogP contribution is -2.24. The number of ether oxygens (including phenoxy) is 1. The van der Waals surface area contributed by atoms with Crippen molar-refractivity contribution >= 4 is 24.3 Å². The minimum absolute atomic E-state index is 0. The van der Waals surface area contributed by atoms with Gasteiger partial charge in [-0.15, -0.1) is 12.4 Å². The predicted octanol–water partition coefficient (Wildman–Crippen LogP) is 0.688. The van der Waals surface area contributed by atoms with E-state index in [4.69, 9.17) is 9.84 Å². The minimum Gasteiger partial charge on any atom is -0.478 e. The second-order valence-electron chi connectivity index (χ2n) is 3.39. The van der Waals surface area contributed by atoms with Crippen LogP contribution in [0.2, 0.25) is 0 Å². The molecule has 5 nitrogen and oxygen atoms in total. The first-order valence-corrected chi connectivity index (χ1v) is 4.98. The maximum atomic E-state index is 10.9. The highest BCUT2D eigenvalue weighted by Crippen LogP contribution is 2.05. The van der Waals surface area contributed by atoms with Gasteiger partial charge in [-0.05, 0) is 25.9 Å². The van der Waals surface area contributed by atoms with Crippen LogP contribution < -0.4 is 0 Å². The first kappa shape index (κ1) is 14.9. The van der Waals surface area contributed by atoms with Gasteiger partial charge in [0.15, 0.2) is 0 Å². The molecular weight excluding hydrogens is 234 g/mol. The molecule has 0 radical (unpaired) electrons. The van der Waals surface area contributed by atoms with E-state index in [-0.39, 0.29) is 12.4 Å². The second kappa shape index (κ2) is 8.13. The third-order valence-corrected chi connectivity index (χ3v) is 2.21. The van der Waals surface area contributed by atoms with Gasteiger partial charge in [0.05, 0.1) is 0 Å². The number of carboxylic acid groups (broad SMARTS) is 1. The highest BCUT2D eigenvalue weighted by molar-refractivity contribution is 5.90. The summed E-state index contributed by atoms with van der Waals surface area (Å²) in [4.78, 5) is 23.2. The van der Waals surface area contributed by atoms with Crippen molar-refractivity contribution in [2.75, 3.05) is 26.2 Å². The van der Waals surface area contributed by atoms with E-state index in [2.05, 4.69) is 4.90 Å². The maximum Gasteiger partial charge on any atom is 0.331 e. The minimum atomic E-state index is -1.15. The molecular formula is C10H16ClNO4. The molecule has 1 saturated heterocycles. The Hall–Kier alpha value is -1.07. The molecule has 1 rings (SSSR count). The molecule has 1 heterocycles. The topological polar surface area (TPSA) is 66.8 Å². The molecule has 0 unspecified atom stereocenters. The van der Waals surface area contributed by atoms with E-state index < -0.39 is 11.9 Å². The van der Waals surface area contributed by atoms with E-state index in [0.717, 1.165) is 31.8 Å². The van der Waals surface area contributed by atoms with Crippen molar-refractivity contribution in [2.45, 2.75) is 12.8 Å². The third kappa shape index (κ3) is 6.42. The van der Waals surface area contributed by atoms with Gasteiger partial charge in [0, 0.05) is 18.7 Å². The highest BCUT2D eigenvalue weighted by atomic mass is 35.5. The Labute approximate surface area is 100 Å². The van der Waals surface area contributed by atoms with E-state index in [1.54, 1.807) is 0 Å². The van der Waals surface area contributed by atoms with Crippen molar-refractivity contribution in [2.24, 2.45) is 0 Å². The van der Waals surface area contributed by atoms with Crippen LogP contribution in [0.1, 0.15) is 12.8 Å². The quantitative estimate of drug-likeness (QED) is 0.574. The molecule has 0 amide bonds. The molecule has 1 aliphatic heterocycles. The molecule has 0 saturated carbocycles.